The summed E-state index contributed by atoms with van der Waals surface area (Å²) in [6.45, 7) is 0.0358. The lowest BCUT2D eigenvalue weighted by atomic mass is 10.0. The van der Waals surface area contributed by atoms with Crippen LogP contribution in [0.5, 0.6) is 5.88 Å². The summed E-state index contributed by atoms with van der Waals surface area (Å²) in [4.78, 5) is 141. The number of hydrogen-bond acceptors (Lipinski definition) is 14. The van der Waals surface area contributed by atoms with Crippen molar-refractivity contribution in [2.75, 3.05) is 18.1 Å². The predicted octanol–water partition coefficient (Wildman–Crippen LogP) is -1.94. The lowest BCUT2D eigenvalue weighted by Crippen LogP contribution is -2.60. The Kier molecular flexibility index (Phi) is 19.7. The van der Waals surface area contributed by atoms with Crippen LogP contribution < -0.4 is 54.8 Å². The van der Waals surface area contributed by atoms with Crippen molar-refractivity contribution in [1.82, 2.24) is 56.4 Å². The summed E-state index contributed by atoms with van der Waals surface area (Å²) in [5.41, 5.74) is 18.2. The first-order valence-corrected chi connectivity index (χ1v) is 25.6. The number of carbonyl (C=O) groups is 8. The Morgan fingerprint density at radius 2 is 1.27 bits per heavy atom. The van der Waals surface area contributed by atoms with Crippen molar-refractivity contribution in [1.29, 1.82) is 0 Å². The van der Waals surface area contributed by atoms with Gasteiger partial charge in [0.1, 0.15) is 42.3 Å². The molecular weight excluding hydrogens is 1000 g/mol. The molecule has 0 aliphatic carbocycles. The molecule has 7 atom stereocenters. The fourth-order valence-corrected chi connectivity index (χ4v) is 10.3. The standard InChI is InChI=1S/C46H57N15O11S2/c47-38(65)34-21-73-74-22-35(61-36(62)20-53-46(61)72)44(71)56-30(12-13-37(63)64)40(67)59-33(17-26-19-50-23-54-26)43(70)57-31(15-24-7-2-1-3-8-24)41(68)55-29(11-6-14-51-45(48)49)39(66)58-32(42(69)60-34)16-25-18-52-28-10-5-4-9-27(25)28/h1-5,7-10,18-20,23,29-35,52,62H,6,11-17,21-22H2,(H2,47,65)(H,50,54)(H,53,72)(H,55,68)(H,56,71)(H,57,70)(H,58,66)(H,59,67)(H,60,69)(H,63,64)(H4,48,49,51)/t29-,30-,31+,32-,33-,34-,35-/m0/s1. The number of aliphatic carboxylic acids is 1. The van der Waals surface area contributed by atoms with Crippen molar-refractivity contribution in [2.24, 2.45) is 22.2 Å². The number of imidazole rings is 2. The van der Waals surface area contributed by atoms with E-state index in [9.17, 15) is 53.4 Å². The third kappa shape index (κ3) is 15.6. The fraction of sp³-hybridized carbons (Fsp3) is 0.370. The fourth-order valence-electron chi connectivity index (χ4n) is 7.91. The molecule has 1 saturated heterocycles. The highest BCUT2D eigenvalue weighted by molar-refractivity contribution is 8.76. The Bertz CT molecular complexity index is 2870. The van der Waals surface area contributed by atoms with Gasteiger partial charge in [-0.2, -0.15) is 0 Å². The second kappa shape index (κ2) is 26.4. The van der Waals surface area contributed by atoms with Gasteiger partial charge in [0.2, 0.25) is 47.2 Å². The first-order valence-electron chi connectivity index (χ1n) is 23.2. The van der Waals surface area contributed by atoms with Gasteiger partial charge >= 0.3 is 11.7 Å². The molecule has 0 saturated carbocycles. The van der Waals surface area contributed by atoms with Crippen LogP contribution in [0.2, 0.25) is 0 Å². The van der Waals surface area contributed by atoms with Crippen LogP contribution in [0.1, 0.15) is 48.5 Å². The quantitative estimate of drug-likeness (QED) is 0.0235. The third-order valence-corrected chi connectivity index (χ3v) is 14.1. The molecule has 6 rings (SSSR count). The number of benzene rings is 2. The van der Waals surface area contributed by atoms with E-state index in [4.69, 9.17) is 17.2 Å². The largest absolute Gasteiger partial charge is 0.493 e. The molecule has 1 aliphatic heterocycles. The number of nitrogens with two attached hydrogens (primary N) is 3. The molecule has 74 heavy (non-hydrogen) atoms. The Balaban J connectivity index is 1.42. The summed E-state index contributed by atoms with van der Waals surface area (Å²) in [6, 6.07) is 5.33. The second-order valence-electron chi connectivity index (χ2n) is 17.1. The molecule has 4 heterocycles. The molecule has 0 unspecified atom stereocenters. The van der Waals surface area contributed by atoms with E-state index in [1.165, 1.54) is 12.5 Å². The van der Waals surface area contributed by atoms with Crippen LogP contribution in [-0.4, -0.2) is 142 Å². The minimum Gasteiger partial charge on any atom is -0.493 e. The molecule has 1 aliphatic rings. The zero-order valence-corrected chi connectivity index (χ0v) is 41.2. The highest BCUT2D eigenvalue weighted by Gasteiger charge is 2.36. The third-order valence-electron chi connectivity index (χ3n) is 11.7. The number of rotatable bonds is 15. The van der Waals surface area contributed by atoms with Crippen LogP contribution in [0.15, 0.2) is 89.3 Å². The number of aliphatic imine (C=N–C) groups is 1. The van der Waals surface area contributed by atoms with E-state index in [0.29, 0.717) is 21.4 Å². The zero-order chi connectivity index (χ0) is 53.3. The van der Waals surface area contributed by atoms with Crippen LogP contribution in [0, 0.1) is 0 Å². The van der Waals surface area contributed by atoms with Crippen molar-refractivity contribution in [2.45, 2.75) is 87.2 Å². The summed E-state index contributed by atoms with van der Waals surface area (Å²) in [5.74, 6) is -9.29. The maximum atomic E-state index is 14.6. The van der Waals surface area contributed by atoms with Crippen LogP contribution in [0.3, 0.4) is 0 Å². The minimum absolute atomic E-state index is 0.0358. The number of aromatic amines is 3. The number of aromatic hydroxyl groups is 1. The lowest BCUT2D eigenvalue weighted by molar-refractivity contribution is -0.138. The number of guanidine groups is 1. The molecule has 5 aromatic rings. The smallest absolute Gasteiger partial charge is 0.329 e. The van der Waals surface area contributed by atoms with E-state index in [-0.39, 0.29) is 56.1 Å². The van der Waals surface area contributed by atoms with Gasteiger partial charge < -0.3 is 74.3 Å². The highest BCUT2D eigenvalue weighted by atomic mass is 33.1. The molecule has 2 aromatic carbocycles. The van der Waals surface area contributed by atoms with Gasteiger partial charge in [0, 0.05) is 72.7 Å². The Labute approximate surface area is 429 Å². The van der Waals surface area contributed by atoms with E-state index in [1.54, 1.807) is 48.7 Å². The molecule has 0 bridgehead atoms. The number of H-pyrrole nitrogens is 3. The van der Waals surface area contributed by atoms with Gasteiger partial charge in [-0.3, -0.25) is 43.3 Å². The van der Waals surface area contributed by atoms with Gasteiger partial charge in [-0.25, -0.2) is 14.3 Å². The number of nitrogens with one attached hydrogen (secondary N) is 9. The molecule has 17 N–H and O–H groups in total. The topological polar surface area (TPSA) is 422 Å². The lowest BCUT2D eigenvalue weighted by Gasteiger charge is -2.28. The SMILES string of the molecule is NC(=O)[C@@H]1CSSC[C@H](n2c(O)c[nH]c2=O)C(=O)N[C@@H](CCC(=O)O)C(=O)N[C@@H](Cc2cnc[nH]2)C(=O)N[C@H](Cc2ccccc2)C(=O)N[C@@H](CCCN=C(N)N)C(=O)N[C@@H](Cc2c[nH]c3ccccc23)C(=O)N1. The second-order valence-corrected chi connectivity index (χ2v) is 19.6. The molecular formula is C46H57N15O11S2. The molecule has 3 aromatic heterocycles. The first-order chi connectivity index (χ1) is 35.5. The number of primary amides is 1. The van der Waals surface area contributed by atoms with Gasteiger partial charge in [-0.05, 0) is 36.5 Å². The molecule has 0 spiro atoms. The number of amides is 7. The van der Waals surface area contributed by atoms with Crippen molar-refractivity contribution < 1.29 is 48.6 Å². The molecule has 7 amide bonds. The van der Waals surface area contributed by atoms with E-state index in [2.05, 4.69) is 56.8 Å². The minimum atomic E-state index is -1.66. The molecule has 1 fully saturated rings. The normalized spacial score (nSPS) is 22.0. The monoisotopic (exact) mass is 1060 g/mol. The summed E-state index contributed by atoms with van der Waals surface area (Å²) in [5, 5.41) is 36.9. The van der Waals surface area contributed by atoms with Crippen molar-refractivity contribution in [3.63, 3.8) is 0 Å². The van der Waals surface area contributed by atoms with E-state index >= 15 is 0 Å². The van der Waals surface area contributed by atoms with Gasteiger partial charge in [0.05, 0.1) is 12.5 Å². The average molecular weight is 1060 g/mol. The molecule has 28 heteroatoms. The maximum absolute atomic E-state index is 14.6. The van der Waals surface area contributed by atoms with Crippen LogP contribution in [0.25, 0.3) is 10.9 Å². The number of carboxylic acids is 1. The summed E-state index contributed by atoms with van der Waals surface area (Å²) >= 11 is 0. The van der Waals surface area contributed by atoms with Crippen LogP contribution >= 0.6 is 21.6 Å². The Hall–Kier alpha value is -8.27. The summed E-state index contributed by atoms with van der Waals surface area (Å²) in [6.07, 6.45) is 3.65. The number of aromatic nitrogens is 5. The van der Waals surface area contributed by atoms with E-state index in [1.807, 2.05) is 12.1 Å². The van der Waals surface area contributed by atoms with Gasteiger partial charge in [-0.1, -0.05) is 70.1 Å². The number of carboxylic acid groups (broad SMARTS) is 1. The highest BCUT2D eigenvalue weighted by Crippen LogP contribution is 2.29. The summed E-state index contributed by atoms with van der Waals surface area (Å²) in [7, 11) is 1.86. The van der Waals surface area contributed by atoms with Gasteiger partial charge in [0.15, 0.2) is 5.96 Å². The summed E-state index contributed by atoms with van der Waals surface area (Å²) < 4.78 is 0.697. The van der Waals surface area contributed by atoms with E-state index < -0.39 is 114 Å². The van der Waals surface area contributed by atoms with Crippen LogP contribution in [0.4, 0.5) is 0 Å². The van der Waals surface area contributed by atoms with Gasteiger partial charge in [0.25, 0.3) is 0 Å². The number of para-hydroxylation sites is 1. The molecule has 394 valence electrons. The van der Waals surface area contributed by atoms with Gasteiger partial charge in [-0.15, -0.1) is 0 Å². The number of fused-ring (bicyclic) bond motifs is 1. The maximum Gasteiger partial charge on any atom is 0.329 e. The van der Waals surface area contributed by atoms with E-state index in [0.717, 1.165) is 38.7 Å². The van der Waals surface area contributed by atoms with Crippen LogP contribution in [-0.2, 0) is 57.6 Å². The molecule has 26 nitrogen and oxygen atoms in total. The van der Waals surface area contributed by atoms with Crippen molar-refractivity contribution >= 4 is 85.8 Å². The predicted molar refractivity (Wildman–Crippen MR) is 273 cm³/mol. The Morgan fingerprint density at radius 1 is 0.676 bits per heavy atom. The Morgan fingerprint density at radius 3 is 1.91 bits per heavy atom. The average Bonchev–Trinajstić information content (AvgIpc) is 4.12. The number of nitrogens with zero attached hydrogens (tertiary/aromatic N) is 3. The van der Waals surface area contributed by atoms with Crippen molar-refractivity contribution in [3.05, 3.63) is 107 Å². The first kappa shape index (κ1) is 55.1. The number of hydrogen-bond donors (Lipinski definition) is 14. The zero-order valence-electron chi connectivity index (χ0n) is 39.6. The molecule has 0 radical (unpaired) electrons. The van der Waals surface area contributed by atoms with Crippen molar-refractivity contribution in [3.8, 4) is 5.88 Å². The number of carbonyl (C=O) groups excluding carboxylic acids is 7.